The van der Waals surface area contributed by atoms with Crippen molar-refractivity contribution in [3.63, 3.8) is 0 Å². The molecule has 2 N–H and O–H groups in total. The van der Waals surface area contributed by atoms with Crippen LogP contribution in [0, 0.1) is 11.6 Å². The van der Waals surface area contributed by atoms with Gasteiger partial charge in [-0.05, 0) is 23.8 Å². The van der Waals surface area contributed by atoms with Crippen molar-refractivity contribution in [2.45, 2.75) is 18.6 Å². The first-order chi connectivity index (χ1) is 15.4. The van der Waals surface area contributed by atoms with E-state index in [1.807, 2.05) is 0 Å². The van der Waals surface area contributed by atoms with Gasteiger partial charge in [-0.15, -0.1) is 0 Å². The molecule has 166 valence electrons. The van der Waals surface area contributed by atoms with Crippen LogP contribution in [0.1, 0.15) is 28.5 Å². The number of nitrogens with zero attached hydrogens (tertiary/aromatic N) is 4. The normalized spacial score (nSPS) is 18.3. The fourth-order valence-corrected chi connectivity index (χ4v) is 4.58. The van der Waals surface area contributed by atoms with Crippen LogP contribution in [-0.4, -0.2) is 64.3 Å². The van der Waals surface area contributed by atoms with Gasteiger partial charge in [-0.2, -0.15) is 10.1 Å². The Morgan fingerprint density at radius 1 is 1.22 bits per heavy atom. The van der Waals surface area contributed by atoms with E-state index in [1.165, 1.54) is 28.5 Å². The van der Waals surface area contributed by atoms with Crippen LogP contribution in [0.15, 0.2) is 29.4 Å². The van der Waals surface area contributed by atoms with Crippen molar-refractivity contribution in [3.05, 3.63) is 47.2 Å². The van der Waals surface area contributed by atoms with Crippen molar-refractivity contribution in [1.29, 1.82) is 0 Å². The number of carbonyl (C=O) groups excluding carboxylic acids is 2. The molecule has 9 nitrogen and oxygen atoms in total. The van der Waals surface area contributed by atoms with Crippen LogP contribution in [0.2, 0.25) is 0 Å². The van der Waals surface area contributed by atoms with Crippen molar-refractivity contribution in [3.8, 4) is 5.19 Å². The second-order valence-electron chi connectivity index (χ2n) is 7.48. The highest BCUT2D eigenvalue weighted by molar-refractivity contribution is 7.20. The summed E-state index contributed by atoms with van der Waals surface area (Å²) in [4.78, 5) is 33.3. The highest BCUT2D eigenvalue weighted by Gasteiger charge is 2.39. The molecule has 0 radical (unpaired) electrons. The SMILES string of the molecule is CNC(=O)c1cc2sc(OC3CN(C(=O)N4N=CC[C@H]4c4cc(F)cc(F)c4)C3)nc2[nH]1. The number of aromatic amines is 1. The molecular weight excluding hydrogens is 442 g/mol. The minimum Gasteiger partial charge on any atom is -0.463 e. The molecule has 3 aromatic rings. The van der Waals surface area contributed by atoms with Crippen LogP contribution in [0.25, 0.3) is 10.3 Å². The largest absolute Gasteiger partial charge is 0.463 e. The Morgan fingerprint density at radius 3 is 2.66 bits per heavy atom. The third-order valence-corrected chi connectivity index (χ3v) is 6.21. The summed E-state index contributed by atoms with van der Waals surface area (Å²) in [5, 5.41) is 8.33. The summed E-state index contributed by atoms with van der Waals surface area (Å²) in [5.74, 6) is -1.62. The molecule has 2 aliphatic heterocycles. The van der Waals surface area contributed by atoms with Gasteiger partial charge >= 0.3 is 6.03 Å². The number of halogens is 2. The van der Waals surface area contributed by atoms with Gasteiger partial charge in [0.2, 0.25) is 0 Å². The number of fused-ring (bicyclic) bond motifs is 1. The number of likely N-dealkylation sites (tertiary alicyclic amines) is 1. The van der Waals surface area contributed by atoms with Crippen LogP contribution >= 0.6 is 11.3 Å². The molecule has 1 aromatic carbocycles. The number of rotatable bonds is 4. The number of aromatic nitrogens is 2. The fourth-order valence-electron chi connectivity index (χ4n) is 3.70. The van der Waals surface area contributed by atoms with E-state index in [2.05, 4.69) is 20.4 Å². The first kappa shape index (κ1) is 20.4. The zero-order chi connectivity index (χ0) is 22.4. The van der Waals surface area contributed by atoms with Crippen molar-refractivity contribution >= 4 is 39.8 Å². The van der Waals surface area contributed by atoms with Gasteiger partial charge in [0.25, 0.3) is 11.1 Å². The summed E-state index contributed by atoms with van der Waals surface area (Å²) >= 11 is 1.31. The molecule has 12 heteroatoms. The van der Waals surface area contributed by atoms with E-state index in [9.17, 15) is 18.4 Å². The Bertz CT molecular complexity index is 1180. The predicted molar refractivity (Wildman–Crippen MR) is 113 cm³/mol. The van der Waals surface area contributed by atoms with Gasteiger partial charge in [0.1, 0.15) is 23.4 Å². The standard InChI is InChI=1S/C20H18F2N6O3S/c1-23-18(29)14-7-16-17(25-14)26-19(32-16)31-13-8-27(9-13)20(30)28-15(2-3-24-28)10-4-11(21)6-12(22)5-10/h3-7,13,15,25H,2,8-9H2,1H3,(H,23,29)/t15-/m0/s1. The quantitative estimate of drug-likeness (QED) is 0.625. The van der Waals surface area contributed by atoms with E-state index in [4.69, 9.17) is 4.74 Å². The van der Waals surface area contributed by atoms with Gasteiger partial charge in [0.15, 0.2) is 5.65 Å². The third kappa shape index (κ3) is 3.66. The van der Waals surface area contributed by atoms with Gasteiger partial charge in [0, 0.05) is 25.7 Å². The Kier molecular flexibility index (Phi) is 5.00. The number of hydrogen-bond donors (Lipinski definition) is 2. The lowest BCUT2D eigenvalue weighted by Crippen LogP contribution is -2.58. The van der Waals surface area contributed by atoms with Crippen molar-refractivity contribution in [2.24, 2.45) is 5.10 Å². The van der Waals surface area contributed by atoms with Gasteiger partial charge in [-0.25, -0.2) is 18.6 Å². The molecule has 1 atom stereocenters. The first-order valence-corrected chi connectivity index (χ1v) is 10.7. The number of carbonyl (C=O) groups is 2. The Balaban J connectivity index is 1.20. The van der Waals surface area contributed by atoms with Crippen LogP contribution in [0.5, 0.6) is 5.19 Å². The Hall–Kier alpha value is -3.54. The highest BCUT2D eigenvalue weighted by Crippen LogP contribution is 2.33. The van der Waals surface area contributed by atoms with Crippen LogP contribution in [-0.2, 0) is 0 Å². The molecule has 1 fully saturated rings. The molecule has 0 aliphatic carbocycles. The molecule has 0 unspecified atom stereocenters. The molecule has 1 saturated heterocycles. The van der Waals surface area contributed by atoms with E-state index in [1.54, 1.807) is 24.2 Å². The molecule has 5 rings (SSSR count). The number of ether oxygens (including phenoxy) is 1. The first-order valence-electron chi connectivity index (χ1n) is 9.86. The van der Waals surface area contributed by atoms with Gasteiger partial charge in [-0.1, -0.05) is 11.3 Å². The number of benzene rings is 1. The lowest BCUT2D eigenvalue weighted by molar-refractivity contribution is 0.0277. The smallest absolute Gasteiger partial charge is 0.341 e. The number of H-pyrrole nitrogens is 1. The second kappa shape index (κ2) is 7.86. The molecule has 4 heterocycles. The Morgan fingerprint density at radius 2 is 1.97 bits per heavy atom. The van der Waals surface area contributed by atoms with Crippen molar-refractivity contribution in [1.82, 2.24) is 25.2 Å². The van der Waals surface area contributed by atoms with E-state index < -0.39 is 17.7 Å². The number of hydrazone groups is 1. The number of hydrogen-bond acceptors (Lipinski definition) is 6. The van der Waals surface area contributed by atoms with E-state index in [0.29, 0.717) is 41.6 Å². The summed E-state index contributed by atoms with van der Waals surface area (Å²) in [5.41, 5.74) is 1.34. The molecule has 0 saturated carbocycles. The maximum absolute atomic E-state index is 13.6. The summed E-state index contributed by atoms with van der Waals surface area (Å²) in [6.07, 6.45) is 1.71. The number of urea groups is 1. The predicted octanol–water partition coefficient (Wildman–Crippen LogP) is 2.88. The maximum atomic E-state index is 13.6. The van der Waals surface area contributed by atoms with Crippen LogP contribution < -0.4 is 10.1 Å². The number of amides is 3. The highest BCUT2D eigenvalue weighted by atomic mass is 32.1. The van der Waals surface area contributed by atoms with Crippen molar-refractivity contribution in [2.75, 3.05) is 20.1 Å². The van der Waals surface area contributed by atoms with Crippen molar-refractivity contribution < 1.29 is 23.1 Å². The van der Waals surface area contributed by atoms with E-state index in [-0.39, 0.29) is 18.0 Å². The number of thiazole rings is 1. The zero-order valence-corrected chi connectivity index (χ0v) is 17.7. The monoisotopic (exact) mass is 460 g/mol. The van der Waals surface area contributed by atoms with Gasteiger partial charge < -0.3 is 19.9 Å². The molecule has 2 aliphatic rings. The van der Waals surface area contributed by atoms with Crippen LogP contribution in [0.3, 0.4) is 0 Å². The average Bonchev–Trinajstić information content (AvgIpc) is 3.43. The fraction of sp³-hybridized carbons (Fsp3) is 0.300. The second-order valence-corrected chi connectivity index (χ2v) is 8.47. The molecule has 3 amide bonds. The summed E-state index contributed by atoms with van der Waals surface area (Å²) < 4.78 is 33.8. The summed E-state index contributed by atoms with van der Waals surface area (Å²) in [7, 11) is 1.55. The Labute approximate surface area is 184 Å². The zero-order valence-electron chi connectivity index (χ0n) is 16.8. The lowest BCUT2D eigenvalue weighted by atomic mass is 10.0. The minimum absolute atomic E-state index is 0.227. The summed E-state index contributed by atoms with van der Waals surface area (Å²) in [6, 6.07) is 4.02. The minimum atomic E-state index is -0.696. The number of nitrogens with one attached hydrogen (secondary N) is 2. The molecular formula is C20H18F2N6O3S. The molecule has 0 bridgehead atoms. The van der Waals surface area contributed by atoms with E-state index >= 15 is 0 Å². The molecule has 32 heavy (non-hydrogen) atoms. The van der Waals surface area contributed by atoms with Gasteiger partial charge in [0.05, 0.1) is 23.8 Å². The topological polar surface area (TPSA) is 103 Å². The van der Waals surface area contributed by atoms with E-state index in [0.717, 1.165) is 10.8 Å². The van der Waals surface area contributed by atoms with Gasteiger partial charge in [-0.3, -0.25) is 4.79 Å². The average molecular weight is 460 g/mol. The molecule has 2 aromatic heterocycles. The summed E-state index contributed by atoms with van der Waals surface area (Å²) in [6.45, 7) is 0.679. The van der Waals surface area contributed by atoms with Crippen LogP contribution in [0.4, 0.5) is 13.6 Å². The lowest BCUT2D eigenvalue weighted by Gasteiger charge is -2.40. The third-order valence-electron chi connectivity index (χ3n) is 5.32. The maximum Gasteiger partial charge on any atom is 0.341 e. The molecule has 0 spiro atoms.